The molecule has 3 fully saturated rings. The van der Waals surface area contributed by atoms with E-state index in [0.717, 1.165) is 51.9 Å². The third kappa shape index (κ3) is 14.5. The Bertz CT molecular complexity index is 3210. The fourth-order valence-corrected chi connectivity index (χ4v) is 17.4. The zero-order chi connectivity index (χ0) is 59.6. The van der Waals surface area contributed by atoms with E-state index in [1.54, 1.807) is 72.8 Å². The molecule has 83 heavy (non-hydrogen) atoms. The normalized spacial score (nSPS) is 15.5. The molecule has 446 valence electrons. The minimum atomic E-state index is -5.20. The predicted octanol–water partition coefficient (Wildman–Crippen LogP) is 15.8. The molecular formula is C60H72Br3N6O10PS3. The van der Waals surface area contributed by atoms with Crippen LogP contribution >= 0.6 is 55.6 Å². The molecule has 0 aromatic heterocycles. The first-order valence-electron chi connectivity index (χ1n) is 28.3. The van der Waals surface area contributed by atoms with Crippen molar-refractivity contribution < 1.29 is 43.4 Å². The number of hydrogen-bond donors (Lipinski definition) is 3. The summed E-state index contributed by atoms with van der Waals surface area (Å²) in [5, 5.41) is 0. The summed E-state index contributed by atoms with van der Waals surface area (Å²) in [5.74, 6) is 0. The maximum Gasteiger partial charge on any atom is 0.481 e. The molecule has 0 radical (unpaired) electrons. The van der Waals surface area contributed by atoms with Gasteiger partial charge in [-0.05, 0) is 223 Å². The predicted molar refractivity (Wildman–Crippen MR) is 339 cm³/mol. The fourth-order valence-electron chi connectivity index (χ4n) is 10.3. The van der Waals surface area contributed by atoms with Crippen LogP contribution in [0, 0.1) is 0 Å². The van der Waals surface area contributed by atoms with Crippen LogP contribution < -0.4 is 28.9 Å². The number of phosphoric acid groups is 1. The van der Waals surface area contributed by atoms with Crippen molar-refractivity contribution in [3.05, 3.63) is 159 Å². The molecule has 0 atom stereocenters. The quantitative estimate of drug-likeness (QED) is 0.0285. The number of halogens is 3. The van der Waals surface area contributed by atoms with E-state index in [1.165, 1.54) is 0 Å². The Kier molecular flexibility index (Phi) is 19.7. The SMILES string of the molecule is CCC(CC)(OP(=O)(OC(CC)(CC)N(c1ccc(Br)cc1)c1ccc(S(=O)(=O)NC2CC2)cc1)OC(CC)(CC)N(c1ccc(Br)cc1)c1ccc(S(=O)(=O)NC2CC2)cc1)N(c1ccc(Br)cc1)c1ccc(S(=O)(=O)NC2CC2)cc1. The third-order valence-corrected chi connectivity index (χ3v) is 23.4. The molecule has 0 saturated heterocycles. The molecule has 0 unspecified atom stereocenters. The van der Waals surface area contributed by atoms with E-state index in [0.29, 0.717) is 34.1 Å². The Hall–Kier alpha value is -4.00. The van der Waals surface area contributed by atoms with Gasteiger partial charge in [0.05, 0.1) is 14.7 Å². The van der Waals surface area contributed by atoms with Gasteiger partial charge >= 0.3 is 7.82 Å². The van der Waals surface area contributed by atoms with Crippen molar-refractivity contribution in [1.82, 2.24) is 14.2 Å². The minimum absolute atomic E-state index is 0.0859. The molecule has 3 N–H and O–H groups in total. The van der Waals surface area contributed by atoms with E-state index in [4.69, 9.17) is 13.6 Å². The number of hydrogen-bond acceptors (Lipinski definition) is 13. The summed E-state index contributed by atoms with van der Waals surface area (Å²) in [4.78, 5) is 5.98. The number of nitrogens with one attached hydrogen (secondary N) is 3. The van der Waals surface area contributed by atoms with Crippen molar-refractivity contribution in [2.45, 2.75) is 169 Å². The van der Waals surface area contributed by atoms with Gasteiger partial charge in [0.1, 0.15) is 0 Å². The first kappa shape index (κ1) is 63.5. The standard InChI is InChI=1S/C60H72Br3N6O10PS3/c1-7-58(8-2,67(49-25-13-43(61)14-26-49)52-31-37-55(38-32-52)81(71,72)64-46-19-20-46)77-80(70,78-59(9-3,10-4)68(50-27-15-44(62)16-28-50)53-33-39-56(40-34-53)82(73,74)65-47-21-22-47)79-60(11-5,12-6)69(51-29-17-45(63)18-30-51)54-35-41-57(42-36-54)83(75,76)66-48-23-24-48/h13-18,25-42,46-48,64-66H,7-12,19-24H2,1-6H3. The number of sulfonamides is 3. The Balaban J connectivity index is 1.25. The number of benzene rings is 6. The monoisotopic (exact) mass is 1400 g/mol. The number of anilines is 6. The molecule has 0 spiro atoms. The summed E-state index contributed by atoms with van der Waals surface area (Å²) < 4.78 is 133. The highest BCUT2D eigenvalue weighted by atomic mass is 79.9. The van der Waals surface area contributed by atoms with Crippen molar-refractivity contribution >= 4 is 120 Å². The second-order valence-corrected chi connectivity index (χ2v) is 30.6. The van der Waals surface area contributed by atoms with Gasteiger partial charge < -0.3 is 14.7 Å². The number of nitrogens with zero attached hydrogens (tertiary/aromatic N) is 3. The highest BCUT2D eigenvalue weighted by Gasteiger charge is 2.55. The summed E-state index contributed by atoms with van der Waals surface area (Å²) in [5.41, 5.74) is -1.34. The molecule has 6 aromatic rings. The zero-order valence-corrected chi connectivity index (χ0v) is 55.4. The summed E-state index contributed by atoms with van der Waals surface area (Å²) in [6, 6.07) is 41.9. The van der Waals surface area contributed by atoms with E-state index >= 15 is 4.57 Å². The van der Waals surface area contributed by atoms with Gasteiger partial charge in [0.15, 0.2) is 17.2 Å². The molecule has 6 aromatic carbocycles. The van der Waals surface area contributed by atoms with Gasteiger partial charge in [0.25, 0.3) is 0 Å². The Morgan fingerprint density at radius 2 is 0.554 bits per heavy atom. The van der Waals surface area contributed by atoms with Gasteiger partial charge in [0, 0.05) is 65.7 Å². The molecule has 3 aliphatic carbocycles. The van der Waals surface area contributed by atoms with Gasteiger partial charge in [0.2, 0.25) is 30.1 Å². The highest BCUT2D eigenvalue weighted by Crippen LogP contribution is 2.64. The lowest BCUT2D eigenvalue weighted by atomic mass is 10.0. The summed E-state index contributed by atoms with van der Waals surface area (Å²) >= 11 is 10.8. The zero-order valence-electron chi connectivity index (χ0n) is 47.3. The minimum Gasteiger partial charge on any atom is -0.312 e. The first-order chi connectivity index (χ1) is 39.5. The Labute approximate surface area is 515 Å². The molecular weight excluding hydrogens is 1330 g/mol. The maximum absolute atomic E-state index is 17.7. The fraction of sp³-hybridized carbons (Fsp3) is 0.400. The van der Waals surface area contributed by atoms with Crippen LogP contribution in [0.3, 0.4) is 0 Å². The smallest absolute Gasteiger partial charge is 0.312 e. The topological polar surface area (TPSA) is 193 Å². The van der Waals surface area contributed by atoms with Gasteiger partial charge in [-0.1, -0.05) is 89.3 Å². The van der Waals surface area contributed by atoms with Crippen molar-refractivity contribution in [3.63, 3.8) is 0 Å². The molecule has 0 aliphatic heterocycles. The van der Waals surface area contributed by atoms with Crippen molar-refractivity contribution in [2.24, 2.45) is 0 Å². The average molecular weight is 1400 g/mol. The number of rotatable bonds is 30. The van der Waals surface area contributed by atoms with Crippen LogP contribution in [0.15, 0.2) is 174 Å². The second kappa shape index (κ2) is 25.8. The highest BCUT2D eigenvalue weighted by molar-refractivity contribution is 9.11. The van der Waals surface area contributed by atoms with Crippen LogP contribution in [-0.4, -0.2) is 60.6 Å². The van der Waals surface area contributed by atoms with Crippen LogP contribution in [0.2, 0.25) is 0 Å². The summed E-state index contributed by atoms with van der Waals surface area (Å²) in [6.07, 6.45) is 5.69. The molecule has 3 saturated carbocycles. The van der Waals surface area contributed by atoms with E-state index in [2.05, 4.69) is 62.0 Å². The van der Waals surface area contributed by atoms with E-state index in [-0.39, 0.29) is 71.3 Å². The van der Waals surface area contributed by atoms with Crippen LogP contribution in [0.25, 0.3) is 0 Å². The first-order valence-corrected chi connectivity index (χ1v) is 36.5. The van der Waals surface area contributed by atoms with Crippen LogP contribution in [-0.2, 0) is 48.2 Å². The molecule has 0 heterocycles. The van der Waals surface area contributed by atoms with E-state index < -0.39 is 55.1 Å². The molecule has 9 rings (SSSR count). The average Bonchev–Trinajstić information content (AvgIpc) is 3.22. The lowest BCUT2D eigenvalue weighted by Crippen LogP contribution is -2.53. The van der Waals surface area contributed by atoms with Crippen LogP contribution in [0.5, 0.6) is 0 Å². The third-order valence-electron chi connectivity index (χ3n) is 15.6. The molecule has 23 heteroatoms. The van der Waals surface area contributed by atoms with E-state index in [1.807, 2.05) is 129 Å². The molecule has 0 bridgehead atoms. The van der Waals surface area contributed by atoms with Gasteiger partial charge in [-0.3, -0.25) is 13.6 Å². The van der Waals surface area contributed by atoms with Crippen molar-refractivity contribution in [3.8, 4) is 0 Å². The Morgan fingerprint density at radius 3 is 0.723 bits per heavy atom. The van der Waals surface area contributed by atoms with Gasteiger partial charge in [-0.15, -0.1) is 0 Å². The lowest BCUT2D eigenvalue weighted by Gasteiger charge is -2.51. The number of phosphoric ester groups is 1. The van der Waals surface area contributed by atoms with Crippen LogP contribution in [0.1, 0.15) is 119 Å². The summed E-state index contributed by atoms with van der Waals surface area (Å²) in [7, 11) is -16.7. The van der Waals surface area contributed by atoms with Crippen molar-refractivity contribution in [1.29, 1.82) is 0 Å². The Morgan fingerprint density at radius 1 is 0.373 bits per heavy atom. The van der Waals surface area contributed by atoms with Crippen molar-refractivity contribution in [2.75, 3.05) is 14.7 Å². The second-order valence-electron chi connectivity index (χ2n) is 21.3. The lowest BCUT2D eigenvalue weighted by molar-refractivity contribution is -0.0698. The summed E-state index contributed by atoms with van der Waals surface area (Å²) in [6.45, 7) is 11.5. The maximum atomic E-state index is 17.7. The van der Waals surface area contributed by atoms with Gasteiger partial charge in [-0.2, -0.15) is 0 Å². The van der Waals surface area contributed by atoms with Gasteiger partial charge in [-0.25, -0.2) is 44.0 Å². The molecule has 0 amide bonds. The molecule has 16 nitrogen and oxygen atoms in total. The molecule has 3 aliphatic rings. The van der Waals surface area contributed by atoms with E-state index in [9.17, 15) is 25.3 Å². The largest absolute Gasteiger partial charge is 0.481 e. The van der Waals surface area contributed by atoms with Crippen LogP contribution in [0.4, 0.5) is 34.1 Å².